The maximum absolute atomic E-state index is 5.65. The number of nitrogens with two attached hydrogens (primary N) is 1. The van der Waals surface area contributed by atoms with Gasteiger partial charge in [-0.15, -0.1) is 0 Å². The van der Waals surface area contributed by atoms with Crippen LogP contribution in [0.25, 0.3) is 0 Å². The highest BCUT2D eigenvalue weighted by Gasteiger charge is 1.99. The molecular formula is C7H13N. The van der Waals surface area contributed by atoms with Crippen LogP contribution >= 0.6 is 0 Å². The van der Waals surface area contributed by atoms with Gasteiger partial charge in [-0.3, -0.25) is 0 Å². The van der Waals surface area contributed by atoms with Crippen molar-refractivity contribution < 1.29 is 0 Å². The van der Waals surface area contributed by atoms with Crippen LogP contribution in [-0.4, -0.2) is 6.04 Å². The first-order valence-corrected chi connectivity index (χ1v) is 3.32. The van der Waals surface area contributed by atoms with E-state index in [1.165, 1.54) is 25.7 Å². The second kappa shape index (κ2) is 2.88. The molecule has 0 aliphatic heterocycles. The zero-order chi connectivity index (χ0) is 5.82. The fourth-order valence-electron chi connectivity index (χ4n) is 1.01. The predicted octanol–water partition coefficient (Wildman–Crippen LogP) is 1.44. The summed E-state index contributed by atoms with van der Waals surface area (Å²) in [6.45, 7) is 0. The van der Waals surface area contributed by atoms with Crippen LogP contribution in [0.2, 0.25) is 0 Å². The number of rotatable bonds is 0. The van der Waals surface area contributed by atoms with E-state index >= 15 is 0 Å². The van der Waals surface area contributed by atoms with Gasteiger partial charge in [-0.25, -0.2) is 0 Å². The summed E-state index contributed by atoms with van der Waals surface area (Å²) in [7, 11) is 0. The highest BCUT2D eigenvalue weighted by molar-refractivity contribution is 4.93. The minimum atomic E-state index is 0.345. The van der Waals surface area contributed by atoms with Crippen molar-refractivity contribution in [3.63, 3.8) is 0 Å². The van der Waals surface area contributed by atoms with Gasteiger partial charge in [0.1, 0.15) is 0 Å². The molecule has 0 fully saturated rings. The van der Waals surface area contributed by atoms with Crippen molar-refractivity contribution in [1.29, 1.82) is 0 Å². The molecule has 0 radical (unpaired) electrons. The van der Waals surface area contributed by atoms with E-state index in [1.54, 1.807) is 0 Å². The van der Waals surface area contributed by atoms with Crippen molar-refractivity contribution in [3.8, 4) is 0 Å². The molecule has 46 valence electrons. The lowest BCUT2D eigenvalue weighted by atomic mass is 10.2. The normalized spacial score (nSPS) is 29.9. The van der Waals surface area contributed by atoms with E-state index in [0.717, 1.165) is 0 Å². The standard InChI is InChI=1S/C7H13N/c8-7-5-3-1-2-4-6-7/h3,5,7H,1-2,4,6,8H2/t7-/m0/s1. The van der Waals surface area contributed by atoms with Crippen LogP contribution < -0.4 is 5.73 Å². The monoisotopic (exact) mass is 111 g/mol. The van der Waals surface area contributed by atoms with E-state index in [4.69, 9.17) is 5.73 Å². The van der Waals surface area contributed by atoms with Crippen LogP contribution in [0.1, 0.15) is 25.7 Å². The van der Waals surface area contributed by atoms with Gasteiger partial charge < -0.3 is 5.73 Å². The molecule has 8 heavy (non-hydrogen) atoms. The van der Waals surface area contributed by atoms with Crippen LogP contribution in [0.4, 0.5) is 0 Å². The molecule has 1 atom stereocenters. The zero-order valence-corrected chi connectivity index (χ0v) is 5.14. The molecule has 0 heterocycles. The van der Waals surface area contributed by atoms with Crippen molar-refractivity contribution in [1.82, 2.24) is 0 Å². The number of hydrogen-bond acceptors (Lipinski definition) is 1. The summed E-state index contributed by atoms with van der Waals surface area (Å²) in [6.07, 6.45) is 9.34. The second-order valence-corrected chi connectivity index (χ2v) is 2.38. The first kappa shape index (κ1) is 5.83. The minimum Gasteiger partial charge on any atom is -0.324 e. The van der Waals surface area contributed by atoms with Gasteiger partial charge in [-0.05, 0) is 19.3 Å². The summed E-state index contributed by atoms with van der Waals surface area (Å²) in [4.78, 5) is 0. The summed E-state index contributed by atoms with van der Waals surface area (Å²) in [5.41, 5.74) is 5.65. The molecule has 0 spiro atoms. The van der Waals surface area contributed by atoms with E-state index < -0.39 is 0 Å². The Morgan fingerprint density at radius 3 is 3.12 bits per heavy atom. The van der Waals surface area contributed by atoms with Crippen LogP contribution in [0, 0.1) is 0 Å². The van der Waals surface area contributed by atoms with Crippen LogP contribution in [0.3, 0.4) is 0 Å². The lowest BCUT2D eigenvalue weighted by molar-refractivity contribution is 0.657. The summed E-state index contributed by atoms with van der Waals surface area (Å²) in [5.74, 6) is 0. The van der Waals surface area contributed by atoms with Crippen molar-refractivity contribution in [3.05, 3.63) is 12.2 Å². The Kier molecular flexibility index (Phi) is 2.10. The van der Waals surface area contributed by atoms with E-state index in [9.17, 15) is 0 Å². The molecule has 0 amide bonds. The molecule has 2 N–H and O–H groups in total. The van der Waals surface area contributed by atoms with Crippen molar-refractivity contribution >= 4 is 0 Å². The Morgan fingerprint density at radius 2 is 2.25 bits per heavy atom. The van der Waals surface area contributed by atoms with Gasteiger partial charge in [0.2, 0.25) is 0 Å². The second-order valence-electron chi connectivity index (χ2n) is 2.38. The van der Waals surface area contributed by atoms with E-state index in [-0.39, 0.29) is 0 Å². The quantitative estimate of drug-likeness (QED) is 0.470. The maximum atomic E-state index is 5.65. The lowest BCUT2D eigenvalue weighted by Crippen LogP contribution is -2.14. The highest BCUT2D eigenvalue weighted by Crippen LogP contribution is 2.08. The summed E-state index contributed by atoms with van der Waals surface area (Å²) in [6, 6.07) is 0.345. The Morgan fingerprint density at radius 1 is 1.38 bits per heavy atom. The lowest BCUT2D eigenvalue weighted by Gasteiger charge is -1.99. The first-order valence-electron chi connectivity index (χ1n) is 3.32. The fraction of sp³-hybridized carbons (Fsp3) is 0.714. The van der Waals surface area contributed by atoms with E-state index in [0.29, 0.717) is 6.04 Å². The first-order chi connectivity index (χ1) is 3.89. The molecule has 1 heteroatoms. The van der Waals surface area contributed by atoms with Gasteiger partial charge in [0.05, 0.1) is 0 Å². The molecule has 1 aliphatic rings. The van der Waals surface area contributed by atoms with Gasteiger partial charge in [0, 0.05) is 6.04 Å². The van der Waals surface area contributed by atoms with Crippen LogP contribution in [-0.2, 0) is 0 Å². The molecule has 1 rings (SSSR count). The van der Waals surface area contributed by atoms with Crippen molar-refractivity contribution in [2.75, 3.05) is 0 Å². The van der Waals surface area contributed by atoms with Gasteiger partial charge in [-0.2, -0.15) is 0 Å². The molecule has 0 saturated carbocycles. The third-order valence-electron chi connectivity index (χ3n) is 1.54. The van der Waals surface area contributed by atoms with Crippen molar-refractivity contribution in [2.24, 2.45) is 5.73 Å². The Balaban J connectivity index is 2.33. The third-order valence-corrected chi connectivity index (χ3v) is 1.54. The van der Waals surface area contributed by atoms with Gasteiger partial charge in [-0.1, -0.05) is 18.6 Å². The fourth-order valence-corrected chi connectivity index (χ4v) is 1.01. The molecule has 1 nitrogen and oxygen atoms in total. The van der Waals surface area contributed by atoms with Gasteiger partial charge in [0.15, 0.2) is 0 Å². The predicted molar refractivity (Wildman–Crippen MR) is 35.6 cm³/mol. The molecule has 0 aromatic carbocycles. The van der Waals surface area contributed by atoms with Crippen LogP contribution in [0.15, 0.2) is 12.2 Å². The largest absolute Gasteiger partial charge is 0.324 e. The molecule has 0 bridgehead atoms. The smallest absolute Gasteiger partial charge is 0.0223 e. The molecule has 0 unspecified atom stereocenters. The molecule has 0 aromatic rings. The molecule has 0 aromatic heterocycles. The van der Waals surface area contributed by atoms with E-state index in [1.807, 2.05) is 0 Å². The Bertz CT molecular complexity index is 86.4. The SMILES string of the molecule is N[C@H]1C=CCCCC1. The molecular weight excluding hydrogens is 98.1 g/mol. The van der Waals surface area contributed by atoms with E-state index in [2.05, 4.69) is 12.2 Å². The minimum absolute atomic E-state index is 0.345. The maximum Gasteiger partial charge on any atom is 0.0223 e. The van der Waals surface area contributed by atoms with Crippen LogP contribution in [0.5, 0.6) is 0 Å². The number of allylic oxidation sites excluding steroid dienone is 1. The zero-order valence-electron chi connectivity index (χ0n) is 5.14. The van der Waals surface area contributed by atoms with Gasteiger partial charge in [0.25, 0.3) is 0 Å². The van der Waals surface area contributed by atoms with Gasteiger partial charge >= 0.3 is 0 Å². The third kappa shape index (κ3) is 1.66. The Hall–Kier alpha value is -0.300. The average molecular weight is 111 g/mol. The average Bonchev–Trinajstić information content (AvgIpc) is 1.94. The molecule has 1 aliphatic carbocycles. The van der Waals surface area contributed by atoms with Crippen molar-refractivity contribution in [2.45, 2.75) is 31.7 Å². The Labute approximate surface area is 50.6 Å². The number of hydrogen-bond donors (Lipinski definition) is 1. The summed E-state index contributed by atoms with van der Waals surface area (Å²) in [5, 5.41) is 0. The summed E-state index contributed by atoms with van der Waals surface area (Å²) >= 11 is 0. The summed E-state index contributed by atoms with van der Waals surface area (Å²) < 4.78 is 0. The topological polar surface area (TPSA) is 26.0 Å². The molecule has 0 saturated heterocycles. The highest BCUT2D eigenvalue weighted by atomic mass is 14.6.